The first-order valence-corrected chi connectivity index (χ1v) is 6.38. The summed E-state index contributed by atoms with van der Waals surface area (Å²) >= 11 is 6.05. The molecule has 1 heterocycles. The highest BCUT2D eigenvalue weighted by Gasteiger charge is 2.12. The molecular weight excluding hydrogens is 252 g/mol. The monoisotopic (exact) mass is 270 g/mol. The highest BCUT2D eigenvalue weighted by atomic mass is 35.5. The van der Waals surface area contributed by atoms with Crippen molar-refractivity contribution in [3.05, 3.63) is 16.5 Å². The standard InChI is InChI=1S/C12H19ClN4O/c1-5-14-9(18)6-15-12-8(4)10(13)16-11(17-12)7(2)3/h7H,5-6H2,1-4H3,(H,14,18)(H,15,16,17). The Labute approximate surface area is 112 Å². The van der Waals surface area contributed by atoms with Crippen LogP contribution in [-0.2, 0) is 4.79 Å². The molecule has 0 radical (unpaired) electrons. The van der Waals surface area contributed by atoms with Crippen LogP contribution >= 0.6 is 11.6 Å². The summed E-state index contributed by atoms with van der Waals surface area (Å²) in [5.74, 6) is 1.40. The van der Waals surface area contributed by atoms with Gasteiger partial charge in [-0.1, -0.05) is 25.4 Å². The van der Waals surface area contributed by atoms with Crippen molar-refractivity contribution in [1.82, 2.24) is 15.3 Å². The Kier molecular flexibility index (Phi) is 5.34. The fraction of sp³-hybridized carbons (Fsp3) is 0.583. The number of hydrogen-bond acceptors (Lipinski definition) is 4. The fourth-order valence-corrected chi connectivity index (χ4v) is 1.54. The number of anilines is 1. The van der Waals surface area contributed by atoms with Crippen molar-refractivity contribution in [2.45, 2.75) is 33.6 Å². The van der Waals surface area contributed by atoms with E-state index in [4.69, 9.17) is 11.6 Å². The molecule has 0 spiro atoms. The van der Waals surface area contributed by atoms with Crippen LogP contribution in [0.3, 0.4) is 0 Å². The number of amides is 1. The molecule has 1 aromatic heterocycles. The third kappa shape index (κ3) is 3.84. The number of rotatable bonds is 5. The molecule has 0 atom stereocenters. The summed E-state index contributed by atoms with van der Waals surface area (Å²) in [6.45, 7) is 8.48. The topological polar surface area (TPSA) is 66.9 Å². The SMILES string of the molecule is CCNC(=O)CNc1nc(C(C)C)nc(Cl)c1C. The number of carbonyl (C=O) groups excluding carboxylic acids is 1. The van der Waals surface area contributed by atoms with Gasteiger partial charge in [0.25, 0.3) is 0 Å². The minimum absolute atomic E-state index is 0.0715. The summed E-state index contributed by atoms with van der Waals surface area (Å²) in [7, 11) is 0. The van der Waals surface area contributed by atoms with E-state index in [0.29, 0.717) is 23.3 Å². The number of nitrogens with one attached hydrogen (secondary N) is 2. The number of hydrogen-bond donors (Lipinski definition) is 2. The molecule has 1 aromatic rings. The molecule has 0 aliphatic rings. The van der Waals surface area contributed by atoms with Gasteiger partial charge in [-0.15, -0.1) is 0 Å². The van der Waals surface area contributed by atoms with Crippen molar-refractivity contribution in [3.63, 3.8) is 0 Å². The normalized spacial score (nSPS) is 10.6. The van der Waals surface area contributed by atoms with Crippen LogP contribution in [-0.4, -0.2) is 29.0 Å². The molecule has 0 saturated heterocycles. The van der Waals surface area contributed by atoms with Crippen LogP contribution < -0.4 is 10.6 Å². The summed E-state index contributed by atoms with van der Waals surface area (Å²) in [6, 6.07) is 0. The molecule has 100 valence electrons. The molecule has 0 unspecified atom stereocenters. The van der Waals surface area contributed by atoms with Gasteiger partial charge >= 0.3 is 0 Å². The first kappa shape index (κ1) is 14.7. The van der Waals surface area contributed by atoms with Crippen LogP contribution in [0.1, 0.15) is 38.1 Å². The second kappa shape index (κ2) is 6.54. The van der Waals surface area contributed by atoms with E-state index in [2.05, 4.69) is 20.6 Å². The maximum Gasteiger partial charge on any atom is 0.239 e. The molecule has 0 aromatic carbocycles. The third-order valence-corrected chi connectivity index (χ3v) is 2.78. The maximum atomic E-state index is 11.4. The second-order valence-corrected chi connectivity index (χ2v) is 4.67. The average molecular weight is 271 g/mol. The Balaban J connectivity index is 2.84. The Morgan fingerprint density at radius 3 is 2.61 bits per heavy atom. The molecule has 0 fully saturated rings. The van der Waals surface area contributed by atoms with E-state index >= 15 is 0 Å². The van der Waals surface area contributed by atoms with Crippen molar-refractivity contribution >= 4 is 23.3 Å². The van der Waals surface area contributed by atoms with E-state index in [1.54, 1.807) is 0 Å². The Morgan fingerprint density at radius 2 is 2.06 bits per heavy atom. The van der Waals surface area contributed by atoms with Gasteiger partial charge in [0, 0.05) is 18.0 Å². The van der Waals surface area contributed by atoms with Gasteiger partial charge in [0.1, 0.15) is 16.8 Å². The largest absolute Gasteiger partial charge is 0.361 e. The Hall–Kier alpha value is -1.36. The van der Waals surface area contributed by atoms with E-state index in [-0.39, 0.29) is 18.4 Å². The van der Waals surface area contributed by atoms with Gasteiger partial charge in [-0.05, 0) is 13.8 Å². The maximum absolute atomic E-state index is 11.4. The van der Waals surface area contributed by atoms with Gasteiger partial charge in [-0.2, -0.15) is 0 Å². The second-order valence-electron chi connectivity index (χ2n) is 4.31. The zero-order valence-electron chi connectivity index (χ0n) is 11.2. The van der Waals surface area contributed by atoms with E-state index < -0.39 is 0 Å². The first-order valence-electron chi connectivity index (χ1n) is 6.00. The van der Waals surface area contributed by atoms with Crippen molar-refractivity contribution in [2.24, 2.45) is 0 Å². The Morgan fingerprint density at radius 1 is 1.39 bits per heavy atom. The van der Waals surface area contributed by atoms with Crippen LogP contribution in [0, 0.1) is 6.92 Å². The summed E-state index contributed by atoms with van der Waals surface area (Å²) in [5.41, 5.74) is 0.755. The van der Waals surface area contributed by atoms with E-state index in [1.807, 2.05) is 27.7 Å². The van der Waals surface area contributed by atoms with Gasteiger partial charge in [-0.25, -0.2) is 9.97 Å². The summed E-state index contributed by atoms with van der Waals surface area (Å²) < 4.78 is 0. The molecule has 0 aliphatic heterocycles. The van der Waals surface area contributed by atoms with Crippen LogP contribution in [0.4, 0.5) is 5.82 Å². The average Bonchev–Trinajstić information content (AvgIpc) is 2.31. The quantitative estimate of drug-likeness (QED) is 0.804. The lowest BCUT2D eigenvalue weighted by molar-refractivity contribution is -0.119. The van der Waals surface area contributed by atoms with Gasteiger partial charge in [0.2, 0.25) is 5.91 Å². The third-order valence-electron chi connectivity index (χ3n) is 2.41. The molecule has 0 bridgehead atoms. The number of nitrogens with zero attached hydrogens (tertiary/aromatic N) is 2. The minimum Gasteiger partial charge on any atom is -0.361 e. The molecule has 5 nitrogen and oxygen atoms in total. The molecule has 1 amide bonds. The number of likely N-dealkylation sites (N-methyl/N-ethyl adjacent to an activating group) is 1. The Bertz CT molecular complexity index is 434. The molecule has 6 heteroatoms. The minimum atomic E-state index is -0.0715. The lowest BCUT2D eigenvalue weighted by Gasteiger charge is -2.12. The summed E-state index contributed by atoms with van der Waals surface area (Å²) in [4.78, 5) is 20.0. The van der Waals surface area contributed by atoms with Crippen molar-refractivity contribution in [2.75, 3.05) is 18.4 Å². The predicted octanol–water partition coefficient (Wildman–Crippen LogP) is 2.11. The number of aromatic nitrogens is 2. The van der Waals surface area contributed by atoms with E-state index in [1.165, 1.54) is 0 Å². The zero-order valence-corrected chi connectivity index (χ0v) is 11.9. The fourth-order valence-electron chi connectivity index (χ4n) is 1.36. The van der Waals surface area contributed by atoms with Gasteiger partial charge in [-0.3, -0.25) is 4.79 Å². The lowest BCUT2D eigenvalue weighted by atomic mass is 10.2. The highest BCUT2D eigenvalue weighted by Crippen LogP contribution is 2.22. The zero-order chi connectivity index (χ0) is 13.7. The first-order chi connectivity index (χ1) is 8.45. The van der Waals surface area contributed by atoms with E-state index in [9.17, 15) is 4.79 Å². The van der Waals surface area contributed by atoms with Gasteiger partial charge in [0.05, 0.1) is 6.54 Å². The highest BCUT2D eigenvalue weighted by molar-refractivity contribution is 6.30. The van der Waals surface area contributed by atoms with Gasteiger partial charge < -0.3 is 10.6 Å². The molecule has 0 saturated carbocycles. The predicted molar refractivity (Wildman–Crippen MR) is 73.0 cm³/mol. The van der Waals surface area contributed by atoms with E-state index in [0.717, 1.165) is 5.56 Å². The molecule has 0 aliphatic carbocycles. The molecular formula is C12H19ClN4O. The van der Waals surface area contributed by atoms with Crippen molar-refractivity contribution in [1.29, 1.82) is 0 Å². The molecule has 18 heavy (non-hydrogen) atoms. The summed E-state index contributed by atoms with van der Waals surface area (Å²) in [5, 5.41) is 6.12. The van der Waals surface area contributed by atoms with Crippen LogP contribution in [0.25, 0.3) is 0 Å². The lowest BCUT2D eigenvalue weighted by Crippen LogP contribution is -2.30. The van der Waals surface area contributed by atoms with Crippen LogP contribution in [0.5, 0.6) is 0 Å². The number of carbonyl (C=O) groups is 1. The van der Waals surface area contributed by atoms with Crippen molar-refractivity contribution in [3.8, 4) is 0 Å². The van der Waals surface area contributed by atoms with Gasteiger partial charge in [0.15, 0.2) is 0 Å². The van der Waals surface area contributed by atoms with Crippen LogP contribution in [0.2, 0.25) is 5.15 Å². The number of halogens is 1. The molecule has 1 rings (SSSR count). The smallest absolute Gasteiger partial charge is 0.239 e. The van der Waals surface area contributed by atoms with Crippen LogP contribution in [0.15, 0.2) is 0 Å². The van der Waals surface area contributed by atoms with Crippen molar-refractivity contribution < 1.29 is 4.79 Å². The summed E-state index contributed by atoms with van der Waals surface area (Å²) in [6.07, 6.45) is 0. The molecule has 2 N–H and O–H groups in total.